The molecule has 1 amide bonds. The molecule has 2 rings (SSSR count). The van der Waals surface area contributed by atoms with Crippen LogP contribution in [-0.4, -0.2) is 22.8 Å². The fraction of sp³-hybridized carbons (Fsp3) is 0.300. The number of ketones is 1. The lowest BCUT2D eigenvalue weighted by atomic mass is 9.92. The van der Waals surface area contributed by atoms with E-state index in [1.165, 1.54) is 0 Å². The van der Waals surface area contributed by atoms with Gasteiger partial charge in [0.2, 0.25) is 5.91 Å². The minimum Gasteiger partial charge on any atom is -0.385 e. The molecule has 0 aromatic heterocycles. The zero-order chi connectivity index (χ0) is 17.6. The molecular formula is C20H23NO3. The van der Waals surface area contributed by atoms with Crippen molar-refractivity contribution in [2.24, 2.45) is 0 Å². The Morgan fingerprint density at radius 2 is 1.58 bits per heavy atom. The van der Waals surface area contributed by atoms with E-state index in [0.717, 1.165) is 0 Å². The first-order chi connectivity index (χ1) is 11.4. The van der Waals surface area contributed by atoms with Crippen LogP contribution in [0, 0.1) is 0 Å². The van der Waals surface area contributed by atoms with Crippen LogP contribution in [0.2, 0.25) is 0 Å². The van der Waals surface area contributed by atoms with Gasteiger partial charge in [-0.05, 0) is 19.4 Å². The summed E-state index contributed by atoms with van der Waals surface area (Å²) in [5.41, 5.74) is 0.0807. The van der Waals surface area contributed by atoms with Crippen molar-refractivity contribution in [2.75, 3.05) is 0 Å². The van der Waals surface area contributed by atoms with Crippen molar-refractivity contribution in [3.8, 4) is 0 Å². The highest BCUT2D eigenvalue weighted by Gasteiger charge is 2.27. The number of nitrogens with one attached hydrogen (secondary N) is 1. The predicted octanol–water partition coefficient (Wildman–Crippen LogP) is 3.06. The Morgan fingerprint density at radius 1 is 1.04 bits per heavy atom. The van der Waals surface area contributed by atoms with E-state index in [4.69, 9.17) is 0 Å². The second-order valence-corrected chi connectivity index (χ2v) is 6.28. The summed E-state index contributed by atoms with van der Waals surface area (Å²) in [6.45, 7) is 3.40. The molecule has 0 saturated carbocycles. The predicted molar refractivity (Wildman–Crippen MR) is 93.6 cm³/mol. The number of carbonyl (C=O) groups excluding carboxylic acids is 2. The quantitative estimate of drug-likeness (QED) is 0.769. The molecule has 0 radical (unpaired) electrons. The summed E-state index contributed by atoms with van der Waals surface area (Å²) >= 11 is 0. The summed E-state index contributed by atoms with van der Waals surface area (Å²) in [5.74, 6) is -0.296. The lowest BCUT2D eigenvalue weighted by Crippen LogP contribution is -2.38. The molecule has 0 heterocycles. The normalized spacial score (nSPS) is 14.5. The maximum atomic E-state index is 12.2. The van der Waals surface area contributed by atoms with Gasteiger partial charge >= 0.3 is 0 Å². The van der Waals surface area contributed by atoms with Gasteiger partial charge in [-0.1, -0.05) is 60.7 Å². The number of carbonyl (C=O) groups is 2. The molecule has 0 aliphatic carbocycles. The van der Waals surface area contributed by atoms with E-state index in [9.17, 15) is 14.7 Å². The average Bonchev–Trinajstić information content (AvgIpc) is 2.55. The van der Waals surface area contributed by atoms with Crippen LogP contribution < -0.4 is 5.32 Å². The number of aliphatic hydroxyl groups is 1. The van der Waals surface area contributed by atoms with E-state index < -0.39 is 5.60 Å². The molecule has 126 valence electrons. The summed E-state index contributed by atoms with van der Waals surface area (Å²) in [4.78, 5) is 24.3. The fourth-order valence-electron chi connectivity index (χ4n) is 2.61. The molecule has 2 N–H and O–H groups in total. The van der Waals surface area contributed by atoms with Gasteiger partial charge in [0, 0.05) is 18.0 Å². The summed E-state index contributed by atoms with van der Waals surface area (Å²) in [5, 5.41) is 13.3. The molecule has 4 nitrogen and oxygen atoms in total. The molecule has 0 fully saturated rings. The summed E-state index contributed by atoms with van der Waals surface area (Å²) in [6.07, 6.45) is 0.171. The van der Waals surface area contributed by atoms with Crippen LogP contribution in [0.4, 0.5) is 0 Å². The molecular weight excluding hydrogens is 302 g/mol. The maximum Gasteiger partial charge on any atom is 0.223 e. The highest BCUT2D eigenvalue weighted by molar-refractivity contribution is 5.96. The number of Topliss-reactive ketones (excluding diaryl/α,β-unsaturated/α-hetero) is 1. The standard InChI is InChI=1S/C20H23NO3/c1-15(13-18(22)16-9-5-3-6-10-16)21-19(23)14-20(2,24)17-11-7-4-8-12-17/h3-12,15,24H,13-14H2,1-2H3,(H,21,23). The minimum absolute atomic E-state index is 0.0155. The van der Waals surface area contributed by atoms with E-state index in [1.54, 1.807) is 38.1 Å². The third kappa shape index (κ3) is 5.03. The van der Waals surface area contributed by atoms with Crippen LogP contribution in [0.5, 0.6) is 0 Å². The van der Waals surface area contributed by atoms with Gasteiger partial charge in [0.15, 0.2) is 5.78 Å². The summed E-state index contributed by atoms with van der Waals surface area (Å²) < 4.78 is 0. The van der Waals surface area contributed by atoms with E-state index >= 15 is 0 Å². The smallest absolute Gasteiger partial charge is 0.223 e. The van der Waals surface area contributed by atoms with Crippen LogP contribution in [-0.2, 0) is 10.4 Å². The Balaban J connectivity index is 1.89. The first-order valence-corrected chi connectivity index (χ1v) is 8.04. The lowest BCUT2D eigenvalue weighted by molar-refractivity contribution is -0.126. The number of benzene rings is 2. The monoisotopic (exact) mass is 325 g/mol. The van der Waals surface area contributed by atoms with Gasteiger partial charge in [-0.2, -0.15) is 0 Å². The molecule has 24 heavy (non-hydrogen) atoms. The number of amides is 1. The Hall–Kier alpha value is -2.46. The number of rotatable bonds is 7. The zero-order valence-corrected chi connectivity index (χ0v) is 14.0. The van der Waals surface area contributed by atoms with Crippen molar-refractivity contribution in [2.45, 2.75) is 38.3 Å². The van der Waals surface area contributed by atoms with Gasteiger partial charge in [-0.3, -0.25) is 9.59 Å². The molecule has 0 spiro atoms. The highest BCUT2D eigenvalue weighted by atomic mass is 16.3. The fourth-order valence-corrected chi connectivity index (χ4v) is 2.61. The topological polar surface area (TPSA) is 66.4 Å². The van der Waals surface area contributed by atoms with E-state index in [-0.39, 0.29) is 30.6 Å². The molecule has 0 bridgehead atoms. The molecule has 2 atom stereocenters. The average molecular weight is 325 g/mol. The third-order valence-electron chi connectivity index (χ3n) is 3.90. The number of hydrogen-bond donors (Lipinski definition) is 2. The molecule has 2 aromatic carbocycles. The van der Waals surface area contributed by atoms with Gasteiger partial charge in [-0.25, -0.2) is 0 Å². The van der Waals surface area contributed by atoms with Gasteiger partial charge in [-0.15, -0.1) is 0 Å². The van der Waals surface area contributed by atoms with E-state index in [1.807, 2.05) is 36.4 Å². The molecule has 0 aliphatic rings. The van der Waals surface area contributed by atoms with Gasteiger partial charge in [0.1, 0.15) is 0 Å². The Morgan fingerprint density at radius 3 is 2.17 bits per heavy atom. The second kappa shape index (κ2) is 7.88. The van der Waals surface area contributed by atoms with E-state index in [0.29, 0.717) is 11.1 Å². The Bertz CT molecular complexity index is 681. The maximum absolute atomic E-state index is 12.2. The van der Waals surface area contributed by atoms with Crippen molar-refractivity contribution in [3.05, 3.63) is 71.8 Å². The van der Waals surface area contributed by atoms with Crippen LogP contribution in [0.25, 0.3) is 0 Å². The molecule has 0 saturated heterocycles. The molecule has 0 aliphatic heterocycles. The van der Waals surface area contributed by atoms with Crippen molar-refractivity contribution in [3.63, 3.8) is 0 Å². The molecule has 2 unspecified atom stereocenters. The summed E-state index contributed by atoms with van der Waals surface area (Å²) in [6, 6.07) is 17.8. The Labute approximate surface area is 142 Å². The first kappa shape index (κ1) is 17.9. The van der Waals surface area contributed by atoms with Crippen LogP contribution >= 0.6 is 0 Å². The minimum atomic E-state index is -1.24. The number of hydrogen-bond acceptors (Lipinski definition) is 3. The van der Waals surface area contributed by atoms with E-state index in [2.05, 4.69) is 5.32 Å². The summed E-state index contributed by atoms with van der Waals surface area (Å²) in [7, 11) is 0. The lowest BCUT2D eigenvalue weighted by Gasteiger charge is -2.24. The molecule has 4 heteroatoms. The van der Waals surface area contributed by atoms with Gasteiger partial charge < -0.3 is 10.4 Å². The van der Waals surface area contributed by atoms with Crippen LogP contribution in [0.1, 0.15) is 42.6 Å². The van der Waals surface area contributed by atoms with Crippen LogP contribution in [0.15, 0.2) is 60.7 Å². The van der Waals surface area contributed by atoms with Crippen LogP contribution in [0.3, 0.4) is 0 Å². The zero-order valence-electron chi connectivity index (χ0n) is 14.0. The second-order valence-electron chi connectivity index (χ2n) is 6.28. The highest BCUT2D eigenvalue weighted by Crippen LogP contribution is 2.24. The largest absolute Gasteiger partial charge is 0.385 e. The molecule has 2 aromatic rings. The Kier molecular flexibility index (Phi) is 5.88. The first-order valence-electron chi connectivity index (χ1n) is 8.04. The van der Waals surface area contributed by atoms with Gasteiger partial charge in [0.25, 0.3) is 0 Å². The van der Waals surface area contributed by atoms with Crippen molar-refractivity contribution in [1.82, 2.24) is 5.32 Å². The third-order valence-corrected chi connectivity index (χ3v) is 3.90. The SMILES string of the molecule is CC(CC(=O)c1ccccc1)NC(=O)CC(C)(O)c1ccccc1. The van der Waals surface area contributed by atoms with Crippen molar-refractivity contribution in [1.29, 1.82) is 0 Å². The van der Waals surface area contributed by atoms with Crippen molar-refractivity contribution < 1.29 is 14.7 Å². The van der Waals surface area contributed by atoms with Crippen molar-refractivity contribution >= 4 is 11.7 Å². The van der Waals surface area contributed by atoms with Gasteiger partial charge in [0.05, 0.1) is 12.0 Å².